The van der Waals surface area contributed by atoms with Crippen LogP contribution in [-0.4, -0.2) is 6.61 Å². The Balaban J connectivity index is 1.68. The first kappa shape index (κ1) is 14.0. The third-order valence-corrected chi connectivity index (χ3v) is 3.79. The van der Waals surface area contributed by atoms with E-state index in [9.17, 15) is 8.78 Å². The Morgan fingerprint density at radius 2 is 2.05 bits per heavy atom. The van der Waals surface area contributed by atoms with Crippen LogP contribution in [0.5, 0.6) is 5.75 Å². The maximum Gasteiger partial charge on any atom is 0.128 e. The van der Waals surface area contributed by atoms with Crippen molar-refractivity contribution in [1.82, 2.24) is 5.32 Å². The first-order valence-electron chi connectivity index (χ1n) is 7.06. The Kier molecular flexibility index (Phi) is 3.88. The highest BCUT2D eigenvalue weighted by atomic mass is 19.1. The van der Waals surface area contributed by atoms with Gasteiger partial charge in [0.15, 0.2) is 0 Å². The summed E-state index contributed by atoms with van der Waals surface area (Å²) in [5.41, 5.74) is 2.67. The van der Waals surface area contributed by atoms with Crippen LogP contribution < -0.4 is 10.1 Å². The Hall–Kier alpha value is -1.94. The van der Waals surface area contributed by atoms with Crippen LogP contribution in [0.15, 0.2) is 36.4 Å². The van der Waals surface area contributed by atoms with E-state index in [1.165, 1.54) is 11.6 Å². The molecule has 1 atom stereocenters. The maximum absolute atomic E-state index is 13.7. The van der Waals surface area contributed by atoms with Gasteiger partial charge in [0.25, 0.3) is 0 Å². The molecule has 1 aliphatic rings. The lowest BCUT2D eigenvalue weighted by Gasteiger charge is -2.15. The van der Waals surface area contributed by atoms with E-state index in [4.69, 9.17) is 4.74 Å². The van der Waals surface area contributed by atoms with Crippen molar-refractivity contribution in [3.8, 4) is 5.75 Å². The lowest BCUT2D eigenvalue weighted by atomic mass is 10.1. The topological polar surface area (TPSA) is 21.3 Å². The zero-order chi connectivity index (χ0) is 14.8. The van der Waals surface area contributed by atoms with Gasteiger partial charge in [0.05, 0.1) is 6.61 Å². The highest BCUT2D eigenvalue weighted by Gasteiger charge is 2.14. The number of hydrogen-bond donors (Lipinski definition) is 1. The van der Waals surface area contributed by atoms with E-state index in [-0.39, 0.29) is 6.04 Å². The lowest BCUT2D eigenvalue weighted by Crippen LogP contribution is -2.19. The second kappa shape index (κ2) is 5.82. The van der Waals surface area contributed by atoms with Crippen LogP contribution in [0, 0.1) is 11.6 Å². The number of halogens is 2. The van der Waals surface area contributed by atoms with E-state index in [2.05, 4.69) is 11.4 Å². The molecule has 2 aromatic carbocycles. The summed E-state index contributed by atoms with van der Waals surface area (Å²) in [6, 6.07) is 9.33. The molecule has 0 amide bonds. The molecule has 0 aliphatic carbocycles. The van der Waals surface area contributed by atoms with E-state index in [0.717, 1.165) is 36.5 Å². The minimum absolute atomic E-state index is 0.259. The van der Waals surface area contributed by atoms with Crippen LogP contribution in [0.3, 0.4) is 0 Å². The van der Waals surface area contributed by atoms with Crippen LogP contribution >= 0.6 is 0 Å². The molecule has 21 heavy (non-hydrogen) atoms. The Labute approximate surface area is 122 Å². The molecule has 0 saturated heterocycles. The van der Waals surface area contributed by atoms with Crippen molar-refractivity contribution in [2.75, 3.05) is 6.61 Å². The molecule has 0 bridgehead atoms. The quantitative estimate of drug-likeness (QED) is 0.925. The second-order valence-corrected chi connectivity index (χ2v) is 5.31. The second-order valence-electron chi connectivity index (χ2n) is 5.31. The molecule has 1 N–H and O–H groups in total. The Bertz CT molecular complexity index is 657. The Morgan fingerprint density at radius 1 is 1.19 bits per heavy atom. The van der Waals surface area contributed by atoms with E-state index in [1.54, 1.807) is 0 Å². The number of ether oxygens (including phenoxy) is 1. The average molecular weight is 289 g/mol. The van der Waals surface area contributed by atoms with E-state index in [0.29, 0.717) is 12.1 Å². The van der Waals surface area contributed by atoms with Gasteiger partial charge in [0, 0.05) is 24.6 Å². The van der Waals surface area contributed by atoms with Crippen molar-refractivity contribution >= 4 is 0 Å². The summed E-state index contributed by atoms with van der Waals surface area (Å²) in [7, 11) is 0. The first-order chi connectivity index (χ1) is 10.1. The van der Waals surface area contributed by atoms with E-state index < -0.39 is 11.6 Å². The normalized spacial score (nSPS) is 14.6. The number of rotatable bonds is 4. The van der Waals surface area contributed by atoms with Gasteiger partial charge < -0.3 is 10.1 Å². The highest BCUT2D eigenvalue weighted by Crippen LogP contribution is 2.26. The van der Waals surface area contributed by atoms with Crippen LogP contribution in [0.1, 0.15) is 29.7 Å². The summed E-state index contributed by atoms with van der Waals surface area (Å²) in [6.45, 7) is 3.16. The Morgan fingerprint density at radius 3 is 2.90 bits per heavy atom. The van der Waals surface area contributed by atoms with Crippen LogP contribution in [0.2, 0.25) is 0 Å². The molecule has 2 aromatic rings. The van der Waals surface area contributed by atoms with Crippen molar-refractivity contribution in [3.63, 3.8) is 0 Å². The fourth-order valence-corrected chi connectivity index (χ4v) is 2.58. The van der Waals surface area contributed by atoms with Crippen molar-refractivity contribution in [2.45, 2.75) is 25.9 Å². The predicted octanol–water partition coefficient (Wildman–Crippen LogP) is 3.75. The van der Waals surface area contributed by atoms with Crippen LogP contribution in [0.25, 0.3) is 0 Å². The van der Waals surface area contributed by atoms with Gasteiger partial charge in [-0.3, -0.25) is 0 Å². The maximum atomic E-state index is 13.7. The number of nitrogens with one attached hydrogen (secondary N) is 1. The van der Waals surface area contributed by atoms with Gasteiger partial charge in [0.1, 0.15) is 17.4 Å². The summed E-state index contributed by atoms with van der Waals surface area (Å²) >= 11 is 0. The smallest absolute Gasteiger partial charge is 0.128 e. The largest absolute Gasteiger partial charge is 0.493 e. The molecule has 1 unspecified atom stereocenters. The SMILES string of the molecule is CC(NCc1ccc2c(c1)CCO2)c1cc(F)ccc1F. The zero-order valence-corrected chi connectivity index (χ0v) is 11.8. The fraction of sp³-hybridized carbons (Fsp3) is 0.294. The predicted molar refractivity (Wildman–Crippen MR) is 77.3 cm³/mol. The summed E-state index contributed by atoms with van der Waals surface area (Å²) < 4.78 is 32.4. The number of fused-ring (bicyclic) bond motifs is 1. The minimum Gasteiger partial charge on any atom is -0.493 e. The van der Waals surface area contributed by atoms with Gasteiger partial charge in [-0.05, 0) is 42.3 Å². The zero-order valence-electron chi connectivity index (χ0n) is 11.8. The number of hydrogen-bond acceptors (Lipinski definition) is 2. The molecule has 1 heterocycles. The molecule has 0 radical (unpaired) electrons. The third kappa shape index (κ3) is 3.05. The van der Waals surface area contributed by atoms with Gasteiger partial charge in [-0.25, -0.2) is 8.78 Å². The van der Waals surface area contributed by atoms with Crippen molar-refractivity contribution in [3.05, 3.63) is 64.7 Å². The van der Waals surface area contributed by atoms with Crippen LogP contribution in [0.4, 0.5) is 8.78 Å². The molecule has 1 aliphatic heterocycles. The molecule has 110 valence electrons. The monoisotopic (exact) mass is 289 g/mol. The van der Waals surface area contributed by atoms with Crippen molar-refractivity contribution < 1.29 is 13.5 Å². The van der Waals surface area contributed by atoms with E-state index in [1.807, 2.05) is 19.1 Å². The lowest BCUT2D eigenvalue weighted by molar-refractivity contribution is 0.357. The standard InChI is InChI=1S/C17H17F2NO/c1-11(15-9-14(18)3-4-16(15)19)20-10-12-2-5-17-13(8-12)6-7-21-17/h2-5,8-9,11,20H,6-7,10H2,1H3. The van der Waals surface area contributed by atoms with Crippen molar-refractivity contribution in [2.24, 2.45) is 0 Å². The molecule has 0 aromatic heterocycles. The van der Waals surface area contributed by atoms with Crippen LogP contribution in [-0.2, 0) is 13.0 Å². The molecule has 2 nitrogen and oxygen atoms in total. The molecule has 3 rings (SSSR count). The molecule has 4 heteroatoms. The first-order valence-corrected chi connectivity index (χ1v) is 7.06. The molecule has 0 fully saturated rings. The van der Waals surface area contributed by atoms with Crippen molar-refractivity contribution in [1.29, 1.82) is 0 Å². The van der Waals surface area contributed by atoms with Gasteiger partial charge in [-0.2, -0.15) is 0 Å². The molecule has 0 saturated carbocycles. The molecule has 0 spiro atoms. The summed E-state index contributed by atoms with van der Waals surface area (Å²) in [5, 5.41) is 3.23. The summed E-state index contributed by atoms with van der Waals surface area (Å²) in [6.07, 6.45) is 0.928. The highest BCUT2D eigenvalue weighted by molar-refractivity contribution is 5.39. The van der Waals surface area contributed by atoms with Gasteiger partial charge in [0.2, 0.25) is 0 Å². The van der Waals surface area contributed by atoms with E-state index >= 15 is 0 Å². The number of benzene rings is 2. The third-order valence-electron chi connectivity index (χ3n) is 3.79. The summed E-state index contributed by atoms with van der Waals surface area (Å²) in [4.78, 5) is 0. The molecular formula is C17H17F2NO. The fourth-order valence-electron chi connectivity index (χ4n) is 2.58. The van der Waals surface area contributed by atoms with Gasteiger partial charge in [-0.1, -0.05) is 12.1 Å². The molecular weight excluding hydrogens is 272 g/mol. The minimum atomic E-state index is -0.422. The average Bonchev–Trinajstić information content (AvgIpc) is 2.94. The van der Waals surface area contributed by atoms with Gasteiger partial charge in [-0.15, -0.1) is 0 Å². The summed E-state index contributed by atoms with van der Waals surface area (Å²) in [5.74, 6) is 0.136. The van der Waals surface area contributed by atoms with Gasteiger partial charge >= 0.3 is 0 Å².